The number of nitrogens with zero attached hydrogens (tertiary/aromatic N) is 2. The lowest BCUT2D eigenvalue weighted by atomic mass is 9.88. The Morgan fingerprint density at radius 3 is 1.90 bits per heavy atom. The van der Waals surface area contributed by atoms with E-state index >= 15 is 0 Å². The molecule has 2 aromatic rings. The third-order valence-corrected chi connectivity index (χ3v) is 6.67. The van der Waals surface area contributed by atoms with Crippen molar-refractivity contribution < 1.29 is 9.59 Å². The van der Waals surface area contributed by atoms with Crippen LogP contribution in [0, 0.1) is 5.92 Å². The second-order valence-corrected chi connectivity index (χ2v) is 9.39. The number of nitrogens with two attached hydrogens (primary N) is 1. The van der Waals surface area contributed by atoms with Gasteiger partial charge >= 0.3 is 0 Å². The smallest absolute Gasteiger partial charge is 0.239 e. The average molecular weight is 420 g/mol. The van der Waals surface area contributed by atoms with Gasteiger partial charge in [0.25, 0.3) is 0 Å². The molecule has 2 aliphatic heterocycles. The summed E-state index contributed by atoms with van der Waals surface area (Å²) in [4.78, 5) is 30.1. The molecule has 0 saturated carbocycles. The summed E-state index contributed by atoms with van der Waals surface area (Å²) in [5.41, 5.74) is 8.46. The van der Waals surface area contributed by atoms with Gasteiger partial charge in [0.1, 0.15) is 0 Å². The van der Waals surface area contributed by atoms with Gasteiger partial charge in [-0.15, -0.1) is 0 Å². The van der Waals surface area contributed by atoms with Crippen molar-refractivity contribution in [3.8, 4) is 0 Å². The van der Waals surface area contributed by atoms with Crippen LogP contribution in [-0.2, 0) is 9.59 Å². The number of hydrogen-bond acceptors (Lipinski definition) is 3. The zero-order valence-electron chi connectivity index (χ0n) is 18.5. The Morgan fingerprint density at radius 2 is 1.42 bits per heavy atom. The molecule has 3 atom stereocenters. The number of rotatable bonds is 7. The van der Waals surface area contributed by atoms with E-state index < -0.39 is 6.04 Å². The van der Waals surface area contributed by atoms with Gasteiger partial charge in [-0.3, -0.25) is 9.59 Å². The zero-order valence-corrected chi connectivity index (χ0v) is 18.5. The molecule has 2 aromatic carbocycles. The lowest BCUT2D eigenvalue weighted by Gasteiger charge is -2.36. The maximum Gasteiger partial charge on any atom is 0.239 e. The highest BCUT2D eigenvalue weighted by Gasteiger charge is 2.47. The second kappa shape index (κ2) is 9.23. The van der Waals surface area contributed by atoms with Crippen LogP contribution in [0.1, 0.15) is 50.2 Å². The first-order valence-electron chi connectivity index (χ1n) is 11.4. The number of carbonyl (C=O) groups excluding carboxylic acids is 2. The van der Waals surface area contributed by atoms with Gasteiger partial charge in [0.2, 0.25) is 11.8 Å². The SMILES string of the molecule is CC(C)C[C@@H](N)C(=O)N1C[C@H]2C[C@@H]1CN2C(=O)CC(c1ccccc1)c1ccccc1. The molecule has 4 rings (SSSR count). The van der Waals surface area contributed by atoms with Crippen molar-refractivity contribution in [1.29, 1.82) is 0 Å². The molecule has 2 heterocycles. The monoisotopic (exact) mass is 419 g/mol. The molecule has 0 aromatic heterocycles. The highest BCUT2D eigenvalue weighted by atomic mass is 16.2. The molecule has 2 bridgehead atoms. The van der Waals surface area contributed by atoms with Crippen LogP contribution < -0.4 is 5.73 Å². The number of amides is 2. The van der Waals surface area contributed by atoms with Crippen molar-refractivity contribution in [2.45, 2.75) is 57.2 Å². The second-order valence-electron chi connectivity index (χ2n) is 9.39. The summed E-state index contributed by atoms with van der Waals surface area (Å²) in [5.74, 6) is 0.638. The van der Waals surface area contributed by atoms with Gasteiger partial charge < -0.3 is 15.5 Å². The topological polar surface area (TPSA) is 66.6 Å². The van der Waals surface area contributed by atoms with E-state index in [1.807, 2.05) is 46.2 Å². The Labute approximate surface area is 185 Å². The molecule has 2 aliphatic rings. The van der Waals surface area contributed by atoms with Crippen molar-refractivity contribution in [1.82, 2.24) is 9.80 Å². The number of likely N-dealkylation sites (tertiary alicyclic amines) is 2. The number of fused-ring (bicyclic) bond motifs is 2. The number of piperazine rings is 1. The Hall–Kier alpha value is -2.66. The molecule has 2 N–H and O–H groups in total. The molecule has 31 heavy (non-hydrogen) atoms. The Morgan fingerprint density at radius 1 is 0.903 bits per heavy atom. The fourth-order valence-corrected chi connectivity index (χ4v) is 5.15. The Kier molecular flexibility index (Phi) is 6.42. The summed E-state index contributed by atoms with van der Waals surface area (Å²) in [6.45, 7) is 5.40. The first-order valence-corrected chi connectivity index (χ1v) is 11.4. The summed E-state index contributed by atoms with van der Waals surface area (Å²) in [5, 5.41) is 0. The minimum absolute atomic E-state index is 0.0335. The van der Waals surface area contributed by atoms with Gasteiger partial charge in [0.05, 0.1) is 18.1 Å². The molecule has 2 amide bonds. The molecule has 2 saturated heterocycles. The molecular formula is C26H33N3O2. The van der Waals surface area contributed by atoms with E-state index in [1.165, 1.54) is 0 Å². The van der Waals surface area contributed by atoms with Crippen LogP contribution in [0.4, 0.5) is 0 Å². The minimum atomic E-state index is -0.441. The van der Waals surface area contributed by atoms with Gasteiger partial charge in [-0.2, -0.15) is 0 Å². The molecule has 0 unspecified atom stereocenters. The van der Waals surface area contributed by atoms with E-state index in [0.717, 1.165) is 17.5 Å². The van der Waals surface area contributed by atoms with Crippen molar-refractivity contribution in [3.63, 3.8) is 0 Å². The third kappa shape index (κ3) is 4.67. The number of carbonyl (C=O) groups is 2. The van der Waals surface area contributed by atoms with E-state index in [-0.39, 0.29) is 29.8 Å². The normalized spacial score (nSPS) is 21.2. The first-order chi connectivity index (χ1) is 14.9. The van der Waals surface area contributed by atoms with Crippen molar-refractivity contribution in [2.75, 3.05) is 13.1 Å². The zero-order chi connectivity index (χ0) is 22.0. The highest BCUT2D eigenvalue weighted by molar-refractivity contribution is 5.84. The molecule has 5 nitrogen and oxygen atoms in total. The van der Waals surface area contributed by atoms with Crippen molar-refractivity contribution >= 4 is 11.8 Å². The summed E-state index contributed by atoms with van der Waals surface area (Å²) in [6, 6.07) is 20.3. The van der Waals surface area contributed by atoms with Crippen molar-refractivity contribution in [3.05, 3.63) is 71.8 Å². The van der Waals surface area contributed by atoms with E-state index in [9.17, 15) is 9.59 Å². The molecule has 0 aliphatic carbocycles. The fraction of sp³-hybridized carbons (Fsp3) is 0.462. The summed E-state index contributed by atoms with van der Waals surface area (Å²) in [7, 11) is 0. The number of hydrogen-bond donors (Lipinski definition) is 1. The summed E-state index contributed by atoms with van der Waals surface area (Å²) < 4.78 is 0. The first kappa shape index (κ1) is 21.6. The van der Waals surface area contributed by atoms with Crippen LogP contribution in [0.5, 0.6) is 0 Å². The lowest BCUT2D eigenvalue weighted by molar-refractivity contribution is -0.140. The predicted octanol–water partition coefficient (Wildman–Crippen LogP) is 3.39. The van der Waals surface area contributed by atoms with E-state index in [2.05, 4.69) is 38.1 Å². The van der Waals surface area contributed by atoms with Gasteiger partial charge in [-0.05, 0) is 29.9 Å². The standard InChI is InChI=1S/C26H33N3O2/c1-18(2)13-24(27)26(31)29-17-21-14-22(29)16-28(21)25(30)15-23(19-9-5-3-6-10-19)20-11-7-4-8-12-20/h3-12,18,21-24H,13-17,27H2,1-2H3/t21-,22-,24-/m1/s1. The molecule has 5 heteroatoms. The van der Waals surface area contributed by atoms with Crippen molar-refractivity contribution in [2.24, 2.45) is 11.7 Å². The third-order valence-electron chi connectivity index (χ3n) is 6.67. The van der Waals surface area contributed by atoms with Gasteiger partial charge in [0, 0.05) is 25.4 Å². The van der Waals surface area contributed by atoms with E-state index in [0.29, 0.717) is 31.8 Å². The molecular weight excluding hydrogens is 386 g/mol. The van der Waals surface area contributed by atoms with Crippen LogP contribution in [0.2, 0.25) is 0 Å². The fourth-order valence-electron chi connectivity index (χ4n) is 5.15. The van der Waals surface area contributed by atoms with Crippen LogP contribution in [-0.4, -0.2) is 52.8 Å². The van der Waals surface area contributed by atoms with Crippen LogP contribution in [0.15, 0.2) is 60.7 Å². The van der Waals surface area contributed by atoms with Crippen LogP contribution in [0.3, 0.4) is 0 Å². The summed E-state index contributed by atoms with van der Waals surface area (Å²) >= 11 is 0. The molecule has 2 fully saturated rings. The van der Waals surface area contributed by atoms with E-state index in [4.69, 9.17) is 5.73 Å². The summed E-state index contributed by atoms with van der Waals surface area (Å²) in [6.07, 6.45) is 2.01. The molecule has 164 valence electrons. The van der Waals surface area contributed by atoms with Gasteiger partial charge in [-0.25, -0.2) is 0 Å². The molecule has 0 radical (unpaired) electrons. The largest absolute Gasteiger partial charge is 0.336 e. The van der Waals surface area contributed by atoms with Gasteiger partial charge in [-0.1, -0.05) is 74.5 Å². The Bertz CT molecular complexity index is 860. The average Bonchev–Trinajstić information content (AvgIpc) is 3.39. The predicted molar refractivity (Wildman–Crippen MR) is 122 cm³/mol. The Balaban J connectivity index is 1.43. The minimum Gasteiger partial charge on any atom is -0.336 e. The van der Waals surface area contributed by atoms with Gasteiger partial charge in [0.15, 0.2) is 0 Å². The quantitative estimate of drug-likeness (QED) is 0.748. The van der Waals surface area contributed by atoms with Crippen LogP contribution in [0.25, 0.3) is 0 Å². The maximum absolute atomic E-state index is 13.3. The highest BCUT2D eigenvalue weighted by Crippen LogP contribution is 2.35. The van der Waals surface area contributed by atoms with E-state index in [1.54, 1.807) is 0 Å². The van der Waals surface area contributed by atoms with Crippen LogP contribution >= 0.6 is 0 Å². The maximum atomic E-state index is 13.3. The number of benzene rings is 2. The lowest BCUT2D eigenvalue weighted by Crippen LogP contribution is -2.54. The molecule has 0 spiro atoms.